The number of nitrogens with one attached hydrogen (secondary N) is 1. The van der Waals surface area contributed by atoms with Crippen molar-refractivity contribution in [2.24, 2.45) is 0 Å². The fourth-order valence-electron chi connectivity index (χ4n) is 3.00. The van der Waals surface area contributed by atoms with Crippen LogP contribution in [0.3, 0.4) is 0 Å². The fourth-order valence-corrected chi connectivity index (χ4v) is 3.28. The number of benzene rings is 2. The van der Waals surface area contributed by atoms with Crippen LogP contribution in [0.4, 0.5) is 5.69 Å². The molecule has 26 heavy (non-hydrogen) atoms. The minimum atomic E-state index is -0.729. The van der Waals surface area contributed by atoms with Gasteiger partial charge in [0.15, 0.2) is 11.5 Å². The van der Waals surface area contributed by atoms with Crippen molar-refractivity contribution < 1.29 is 19.1 Å². The minimum absolute atomic E-state index is 0.230. The molecule has 2 aromatic carbocycles. The average Bonchev–Trinajstić information content (AvgIpc) is 2.88. The third-order valence-corrected chi connectivity index (χ3v) is 4.41. The lowest BCUT2D eigenvalue weighted by atomic mass is 10.1. The van der Waals surface area contributed by atoms with Crippen molar-refractivity contribution in [1.82, 2.24) is 5.32 Å². The van der Waals surface area contributed by atoms with Crippen LogP contribution in [-0.4, -0.2) is 32.1 Å². The monoisotopic (exact) mass is 374 g/mol. The lowest BCUT2D eigenvalue weighted by molar-refractivity contribution is -0.126. The molecule has 1 N–H and O–H groups in total. The van der Waals surface area contributed by atoms with Crippen LogP contribution in [0.5, 0.6) is 11.5 Å². The molecule has 1 heterocycles. The van der Waals surface area contributed by atoms with Gasteiger partial charge < -0.3 is 19.7 Å². The van der Waals surface area contributed by atoms with E-state index in [2.05, 4.69) is 5.32 Å². The van der Waals surface area contributed by atoms with Crippen LogP contribution < -0.4 is 19.7 Å². The Hall–Kier alpha value is -2.73. The third kappa shape index (κ3) is 3.46. The highest BCUT2D eigenvalue weighted by molar-refractivity contribution is 6.34. The van der Waals surface area contributed by atoms with Gasteiger partial charge in [-0.2, -0.15) is 0 Å². The minimum Gasteiger partial charge on any atom is -0.493 e. The summed E-state index contributed by atoms with van der Waals surface area (Å²) in [5.41, 5.74) is 1.30. The molecule has 3 rings (SSSR count). The second-order valence-corrected chi connectivity index (χ2v) is 6.21. The zero-order chi connectivity index (χ0) is 18.7. The second kappa shape index (κ2) is 7.66. The van der Waals surface area contributed by atoms with Crippen LogP contribution in [0, 0.1) is 0 Å². The molecule has 0 spiro atoms. The van der Waals surface area contributed by atoms with Gasteiger partial charge >= 0.3 is 0 Å². The summed E-state index contributed by atoms with van der Waals surface area (Å²) >= 11 is 6.31. The molecule has 136 valence electrons. The van der Waals surface area contributed by atoms with Gasteiger partial charge in [0.25, 0.3) is 5.91 Å². The number of anilines is 1. The smallest absolute Gasteiger partial charge is 0.254 e. The number of carbonyl (C=O) groups is 2. The molecular formula is C19H19ClN2O4. The van der Waals surface area contributed by atoms with Gasteiger partial charge in [-0.25, -0.2) is 0 Å². The molecule has 6 nitrogen and oxygen atoms in total. The summed E-state index contributed by atoms with van der Waals surface area (Å²) in [7, 11) is 1.57. The zero-order valence-electron chi connectivity index (χ0n) is 14.5. The maximum absolute atomic E-state index is 12.8. The van der Waals surface area contributed by atoms with Gasteiger partial charge in [-0.1, -0.05) is 35.9 Å². The van der Waals surface area contributed by atoms with E-state index in [0.717, 1.165) is 0 Å². The molecule has 2 aromatic rings. The second-order valence-electron chi connectivity index (χ2n) is 5.80. The van der Waals surface area contributed by atoms with Gasteiger partial charge in [-0.3, -0.25) is 9.59 Å². The molecule has 0 fully saturated rings. The van der Waals surface area contributed by atoms with Crippen molar-refractivity contribution in [2.75, 3.05) is 25.2 Å². The first kappa shape index (κ1) is 18.1. The van der Waals surface area contributed by atoms with E-state index >= 15 is 0 Å². The van der Waals surface area contributed by atoms with Crippen molar-refractivity contribution in [1.29, 1.82) is 0 Å². The van der Waals surface area contributed by atoms with Gasteiger partial charge in [0, 0.05) is 12.5 Å². The lowest BCUT2D eigenvalue weighted by Gasteiger charge is -2.19. The molecule has 0 saturated carbocycles. The average molecular weight is 375 g/mol. The molecular weight excluding hydrogens is 356 g/mol. The number of nitrogens with zero attached hydrogens (tertiary/aromatic N) is 1. The van der Waals surface area contributed by atoms with E-state index < -0.39 is 6.04 Å². The highest BCUT2D eigenvalue weighted by Crippen LogP contribution is 2.40. The summed E-state index contributed by atoms with van der Waals surface area (Å²) in [5.74, 6) is 0.711. The van der Waals surface area contributed by atoms with Gasteiger partial charge in [0.1, 0.15) is 12.6 Å². The predicted molar refractivity (Wildman–Crippen MR) is 98.9 cm³/mol. The molecule has 0 radical (unpaired) electrons. The van der Waals surface area contributed by atoms with Crippen LogP contribution in [0.15, 0.2) is 42.5 Å². The number of amides is 2. The first-order valence-corrected chi connectivity index (χ1v) is 8.53. The number of methoxy groups -OCH3 is 1. The van der Waals surface area contributed by atoms with Gasteiger partial charge in [-0.05, 0) is 18.2 Å². The zero-order valence-corrected chi connectivity index (χ0v) is 15.2. The number of hydrogen-bond acceptors (Lipinski definition) is 4. The molecule has 1 aliphatic rings. The number of carbonyl (C=O) groups excluding carboxylic acids is 2. The van der Waals surface area contributed by atoms with E-state index in [1.165, 1.54) is 6.92 Å². The van der Waals surface area contributed by atoms with E-state index in [1.807, 2.05) is 12.1 Å². The Labute approximate surface area is 156 Å². The molecule has 7 heteroatoms. The van der Waals surface area contributed by atoms with Crippen molar-refractivity contribution >= 4 is 29.1 Å². The number of hydrogen-bond donors (Lipinski definition) is 1. The third-order valence-electron chi connectivity index (χ3n) is 4.10. The van der Waals surface area contributed by atoms with Gasteiger partial charge in [0.2, 0.25) is 5.91 Å². The summed E-state index contributed by atoms with van der Waals surface area (Å²) in [6, 6.07) is 11.8. The topological polar surface area (TPSA) is 67.9 Å². The summed E-state index contributed by atoms with van der Waals surface area (Å²) in [6.07, 6.45) is 0. The molecule has 0 aromatic heterocycles. The summed E-state index contributed by atoms with van der Waals surface area (Å²) in [5, 5.41) is 3.14. The number of halogens is 1. The number of fused-ring (bicyclic) bond motifs is 1. The Morgan fingerprint density at radius 2 is 1.92 bits per heavy atom. The van der Waals surface area contributed by atoms with E-state index in [-0.39, 0.29) is 18.4 Å². The Balaban J connectivity index is 1.78. The van der Waals surface area contributed by atoms with E-state index in [4.69, 9.17) is 21.1 Å². The SMILES string of the molecule is COc1ccccc1OCCN1C(=O)C(NC(C)=O)c2cccc(Cl)c21. The highest BCUT2D eigenvalue weighted by Gasteiger charge is 2.39. The summed E-state index contributed by atoms with van der Waals surface area (Å²) in [4.78, 5) is 25.8. The molecule has 0 bridgehead atoms. The number of ether oxygens (including phenoxy) is 2. The highest BCUT2D eigenvalue weighted by atomic mass is 35.5. The van der Waals surface area contributed by atoms with Crippen molar-refractivity contribution in [2.45, 2.75) is 13.0 Å². The maximum Gasteiger partial charge on any atom is 0.254 e. The Bertz CT molecular complexity index is 840. The van der Waals surface area contributed by atoms with Crippen molar-refractivity contribution in [3.63, 3.8) is 0 Å². The first-order valence-electron chi connectivity index (χ1n) is 8.15. The van der Waals surface area contributed by atoms with E-state index in [0.29, 0.717) is 34.3 Å². The Morgan fingerprint density at radius 3 is 2.62 bits per heavy atom. The van der Waals surface area contributed by atoms with Crippen LogP contribution in [0.2, 0.25) is 5.02 Å². The Morgan fingerprint density at radius 1 is 1.19 bits per heavy atom. The molecule has 1 unspecified atom stereocenters. The van der Waals surface area contributed by atoms with Gasteiger partial charge in [0.05, 0.1) is 24.4 Å². The van der Waals surface area contributed by atoms with Crippen LogP contribution in [0.1, 0.15) is 18.5 Å². The first-order chi connectivity index (χ1) is 12.5. The summed E-state index contributed by atoms with van der Waals surface area (Å²) in [6.45, 7) is 1.93. The normalized spacial score (nSPS) is 15.6. The standard InChI is InChI=1S/C19H19ClN2O4/c1-12(23)21-17-13-6-5-7-14(20)18(13)22(19(17)24)10-11-26-16-9-4-3-8-15(16)25-2/h3-9,17H,10-11H2,1-2H3,(H,21,23). The van der Waals surface area contributed by atoms with Gasteiger partial charge in [-0.15, -0.1) is 0 Å². The largest absolute Gasteiger partial charge is 0.493 e. The van der Waals surface area contributed by atoms with Crippen LogP contribution in [0.25, 0.3) is 0 Å². The van der Waals surface area contributed by atoms with E-state index in [1.54, 1.807) is 42.3 Å². The Kier molecular flexibility index (Phi) is 5.32. The molecule has 1 aliphatic heterocycles. The van der Waals surface area contributed by atoms with Crippen LogP contribution in [-0.2, 0) is 9.59 Å². The van der Waals surface area contributed by atoms with Crippen LogP contribution >= 0.6 is 11.6 Å². The molecule has 0 saturated heterocycles. The quantitative estimate of drug-likeness (QED) is 0.844. The summed E-state index contributed by atoms with van der Waals surface area (Å²) < 4.78 is 11.0. The molecule has 0 aliphatic carbocycles. The number of rotatable bonds is 6. The fraction of sp³-hybridized carbons (Fsp3) is 0.263. The van der Waals surface area contributed by atoms with Crippen molar-refractivity contribution in [3.8, 4) is 11.5 Å². The lowest BCUT2D eigenvalue weighted by Crippen LogP contribution is -2.38. The van der Waals surface area contributed by atoms with E-state index in [9.17, 15) is 9.59 Å². The number of para-hydroxylation sites is 3. The molecule has 1 atom stereocenters. The molecule has 2 amide bonds. The van der Waals surface area contributed by atoms with Crippen molar-refractivity contribution in [3.05, 3.63) is 53.1 Å². The maximum atomic E-state index is 12.8. The predicted octanol–water partition coefficient (Wildman–Crippen LogP) is 2.95.